The molecular weight excluding hydrogens is 305 g/mol. The third kappa shape index (κ3) is 2.39. The van der Waals surface area contributed by atoms with E-state index in [0.29, 0.717) is 11.4 Å². The first-order valence-corrected chi connectivity index (χ1v) is 7.97. The zero-order valence-corrected chi connectivity index (χ0v) is 12.5. The molecule has 1 aromatic heterocycles. The lowest BCUT2D eigenvalue weighted by molar-refractivity contribution is 0.591. The first-order chi connectivity index (χ1) is 10.5. The third-order valence-electron chi connectivity index (χ3n) is 3.21. The molecule has 0 unspecified atom stereocenters. The Morgan fingerprint density at radius 1 is 1.05 bits per heavy atom. The van der Waals surface area contributed by atoms with Crippen LogP contribution in [0.1, 0.15) is 5.69 Å². The minimum Gasteiger partial charge on any atom is -0.217 e. The van der Waals surface area contributed by atoms with E-state index in [2.05, 4.69) is 10.3 Å². The Morgan fingerprint density at radius 3 is 2.45 bits per heavy atom. The van der Waals surface area contributed by atoms with E-state index >= 15 is 0 Å². The summed E-state index contributed by atoms with van der Waals surface area (Å²) in [5.41, 5.74) is 0.744. The van der Waals surface area contributed by atoms with Crippen molar-refractivity contribution in [3.05, 3.63) is 66.1 Å². The molecule has 0 amide bonds. The molecule has 0 spiro atoms. The topological polar surface area (TPSA) is 64.8 Å². The van der Waals surface area contributed by atoms with Gasteiger partial charge in [0.15, 0.2) is 0 Å². The maximum Gasteiger partial charge on any atom is 0.227 e. The summed E-state index contributed by atoms with van der Waals surface area (Å²) in [5.74, 6) is -0.431. The van der Waals surface area contributed by atoms with E-state index in [1.807, 2.05) is 0 Å². The van der Waals surface area contributed by atoms with Crippen LogP contribution in [-0.4, -0.2) is 23.4 Å². The van der Waals surface area contributed by atoms with E-state index in [4.69, 9.17) is 0 Å². The molecule has 2 aromatic carbocycles. The van der Waals surface area contributed by atoms with Crippen molar-refractivity contribution >= 4 is 9.84 Å². The molecule has 0 bridgehead atoms. The summed E-state index contributed by atoms with van der Waals surface area (Å²) < 4.78 is 39.8. The highest BCUT2D eigenvalue weighted by Crippen LogP contribution is 2.23. The van der Waals surface area contributed by atoms with E-state index < -0.39 is 15.7 Å². The molecule has 0 radical (unpaired) electrons. The van der Waals surface area contributed by atoms with Gasteiger partial charge in [0.25, 0.3) is 0 Å². The fourth-order valence-corrected chi connectivity index (χ4v) is 3.49. The average molecular weight is 317 g/mol. The third-order valence-corrected chi connectivity index (χ3v) is 4.99. The number of benzene rings is 2. The second kappa shape index (κ2) is 5.34. The van der Waals surface area contributed by atoms with Gasteiger partial charge in [-0.05, 0) is 37.3 Å². The van der Waals surface area contributed by atoms with Crippen molar-refractivity contribution in [2.24, 2.45) is 0 Å². The summed E-state index contributed by atoms with van der Waals surface area (Å²) >= 11 is 0. The van der Waals surface area contributed by atoms with Gasteiger partial charge < -0.3 is 0 Å². The summed E-state index contributed by atoms with van der Waals surface area (Å²) in [6.07, 6.45) is 0. The molecule has 1 heterocycles. The molecule has 0 saturated heterocycles. The van der Waals surface area contributed by atoms with Gasteiger partial charge in [-0.1, -0.05) is 29.5 Å². The van der Waals surface area contributed by atoms with Crippen molar-refractivity contribution in [3.63, 3.8) is 0 Å². The van der Waals surface area contributed by atoms with Crippen LogP contribution in [0.3, 0.4) is 0 Å². The van der Waals surface area contributed by atoms with Crippen LogP contribution < -0.4 is 0 Å². The van der Waals surface area contributed by atoms with Crippen LogP contribution in [0.5, 0.6) is 0 Å². The van der Waals surface area contributed by atoms with Gasteiger partial charge in [-0.25, -0.2) is 17.5 Å². The van der Waals surface area contributed by atoms with E-state index in [1.165, 1.54) is 35.0 Å². The Labute approximate surface area is 126 Å². The summed E-state index contributed by atoms with van der Waals surface area (Å²) in [7, 11) is -3.76. The second-order valence-corrected chi connectivity index (χ2v) is 6.55. The molecule has 0 atom stereocenters. The first-order valence-electron chi connectivity index (χ1n) is 6.48. The van der Waals surface area contributed by atoms with E-state index in [0.717, 1.165) is 0 Å². The van der Waals surface area contributed by atoms with Crippen LogP contribution in [0.4, 0.5) is 4.39 Å². The lowest BCUT2D eigenvalue weighted by atomic mass is 10.3. The second-order valence-electron chi connectivity index (χ2n) is 4.69. The van der Waals surface area contributed by atoms with E-state index in [1.54, 1.807) is 31.2 Å². The van der Waals surface area contributed by atoms with Crippen molar-refractivity contribution in [1.82, 2.24) is 15.0 Å². The highest BCUT2D eigenvalue weighted by Gasteiger charge is 2.25. The molecule has 0 aliphatic carbocycles. The maximum atomic E-state index is 13.3. The summed E-state index contributed by atoms with van der Waals surface area (Å²) in [6, 6.07) is 13.7. The van der Waals surface area contributed by atoms with Gasteiger partial charge in [0.1, 0.15) is 5.82 Å². The molecule has 0 aliphatic heterocycles. The number of hydrogen-bond donors (Lipinski definition) is 0. The van der Waals surface area contributed by atoms with Crippen LogP contribution in [0, 0.1) is 12.7 Å². The smallest absolute Gasteiger partial charge is 0.217 e. The van der Waals surface area contributed by atoms with Crippen LogP contribution in [-0.2, 0) is 9.84 Å². The van der Waals surface area contributed by atoms with Gasteiger partial charge in [-0.15, -0.1) is 5.10 Å². The fourth-order valence-electron chi connectivity index (χ4n) is 2.13. The van der Waals surface area contributed by atoms with Crippen molar-refractivity contribution in [2.45, 2.75) is 16.8 Å². The van der Waals surface area contributed by atoms with Gasteiger partial charge in [0.05, 0.1) is 16.3 Å². The number of nitrogens with zero attached hydrogens (tertiary/aromatic N) is 3. The maximum absolute atomic E-state index is 13.3. The zero-order valence-electron chi connectivity index (χ0n) is 11.6. The number of hydrogen-bond acceptors (Lipinski definition) is 4. The predicted molar refractivity (Wildman–Crippen MR) is 77.9 cm³/mol. The fraction of sp³-hybridized carbons (Fsp3) is 0.0667. The minimum absolute atomic E-state index is 0.136. The largest absolute Gasteiger partial charge is 0.227 e. The monoisotopic (exact) mass is 317 g/mol. The highest BCUT2D eigenvalue weighted by atomic mass is 32.2. The molecule has 3 aromatic rings. The van der Waals surface area contributed by atoms with Crippen molar-refractivity contribution in [1.29, 1.82) is 0 Å². The zero-order chi connectivity index (χ0) is 15.7. The SMILES string of the molecule is Cc1c(S(=O)(=O)c2ccccc2)nnn1-c1cccc(F)c1. The summed E-state index contributed by atoms with van der Waals surface area (Å²) in [6.45, 7) is 1.58. The Balaban J connectivity index is 2.12. The van der Waals surface area contributed by atoms with Gasteiger partial charge in [-0.2, -0.15) is 0 Å². The molecule has 0 aliphatic rings. The predicted octanol–water partition coefficient (Wildman–Crippen LogP) is 2.55. The number of rotatable bonds is 3. The molecule has 0 N–H and O–H groups in total. The minimum atomic E-state index is -3.76. The number of sulfone groups is 1. The van der Waals surface area contributed by atoms with Crippen molar-refractivity contribution in [2.75, 3.05) is 0 Å². The number of halogens is 1. The molecule has 5 nitrogen and oxygen atoms in total. The molecule has 0 fully saturated rings. The quantitative estimate of drug-likeness (QED) is 0.744. The Morgan fingerprint density at radius 2 is 1.77 bits per heavy atom. The number of aromatic nitrogens is 3. The summed E-state index contributed by atoms with van der Waals surface area (Å²) in [5, 5.41) is 7.48. The molecular formula is C15H12FN3O2S. The molecule has 22 heavy (non-hydrogen) atoms. The standard InChI is InChI=1S/C15H12FN3O2S/c1-11-15(22(20,21)14-8-3-2-4-9-14)17-18-19(11)13-7-5-6-12(16)10-13/h2-10H,1H3. The van der Waals surface area contributed by atoms with Gasteiger partial charge >= 0.3 is 0 Å². The van der Waals surface area contributed by atoms with Gasteiger partial charge in [-0.3, -0.25) is 0 Å². The van der Waals surface area contributed by atoms with Crippen molar-refractivity contribution in [3.8, 4) is 5.69 Å². The molecule has 112 valence electrons. The van der Waals surface area contributed by atoms with Crippen LogP contribution in [0.2, 0.25) is 0 Å². The lowest BCUT2D eigenvalue weighted by Crippen LogP contribution is -2.05. The lowest BCUT2D eigenvalue weighted by Gasteiger charge is -2.04. The van der Waals surface area contributed by atoms with Crippen molar-refractivity contribution < 1.29 is 12.8 Å². The van der Waals surface area contributed by atoms with Gasteiger partial charge in [0, 0.05) is 0 Å². The van der Waals surface area contributed by atoms with Crippen LogP contribution in [0.25, 0.3) is 5.69 Å². The molecule has 0 saturated carbocycles. The average Bonchev–Trinajstić information content (AvgIpc) is 2.90. The van der Waals surface area contributed by atoms with E-state index in [9.17, 15) is 12.8 Å². The van der Waals surface area contributed by atoms with E-state index in [-0.39, 0.29) is 9.92 Å². The van der Waals surface area contributed by atoms with Crippen LogP contribution >= 0.6 is 0 Å². The summed E-state index contributed by atoms with van der Waals surface area (Å²) in [4.78, 5) is 0.143. The molecule has 7 heteroatoms. The van der Waals surface area contributed by atoms with Gasteiger partial charge in [0.2, 0.25) is 14.9 Å². The Bertz CT molecular complexity index is 921. The molecule has 3 rings (SSSR count). The first kappa shape index (κ1) is 14.4. The van der Waals surface area contributed by atoms with Crippen LogP contribution in [0.15, 0.2) is 64.5 Å². The highest BCUT2D eigenvalue weighted by molar-refractivity contribution is 7.91. The normalized spacial score (nSPS) is 11.5. The Hall–Kier alpha value is -2.54. The Kier molecular flexibility index (Phi) is 3.50.